The number of hydrogen-bond donors (Lipinski definition) is 3. The minimum Gasteiger partial charge on any atom is -0.481 e. The fourth-order valence-corrected chi connectivity index (χ4v) is 3.24. The maximum Gasteiger partial charge on any atom is 0.303 e. The molecule has 8 heteroatoms. The number of aryl methyl sites for hydroxylation is 1. The number of carbonyl (C=O) groups is 2. The molecular weight excluding hydrogens is 312 g/mol. The Morgan fingerprint density at radius 1 is 1.42 bits per heavy atom. The highest BCUT2D eigenvalue weighted by Crippen LogP contribution is 2.39. The number of rotatable bonds is 6. The van der Waals surface area contributed by atoms with Crippen LogP contribution >= 0.6 is 0 Å². The molecule has 1 saturated carbocycles. The van der Waals surface area contributed by atoms with Gasteiger partial charge in [-0.15, -0.1) is 0 Å². The quantitative estimate of drug-likeness (QED) is 0.746. The standard InChI is InChI=1S/C16H20N4O4/c1-9-4-12(24-20-9)7-15(21)17-14-8-13(18-19-14)11-3-2-10(5-11)6-16(22)23/h4,8,10-11H,2-3,5-7H2,1H3,(H,22,23)(H2,17,18,19,21)/t10-,11+/m0/s1. The first-order valence-electron chi connectivity index (χ1n) is 7.98. The first-order valence-corrected chi connectivity index (χ1v) is 7.98. The van der Waals surface area contributed by atoms with Crippen LogP contribution in [0, 0.1) is 12.8 Å². The van der Waals surface area contributed by atoms with E-state index in [4.69, 9.17) is 9.63 Å². The van der Waals surface area contributed by atoms with E-state index in [0.29, 0.717) is 11.6 Å². The monoisotopic (exact) mass is 332 g/mol. The Morgan fingerprint density at radius 2 is 2.25 bits per heavy atom. The minimum atomic E-state index is -0.749. The third-order valence-electron chi connectivity index (χ3n) is 4.32. The molecule has 0 spiro atoms. The van der Waals surface area contributed by atoms with Crippen molar-refractivity contribution in [3.63, 3.8) is 0 Å². The molecule has 2 atom stereocenters. The average molecular weight is 332 g/mol. The molecule has 24 heavy (non-hydrogen) atoms. The van der Waals surface area contributed by atoms with Gasteiger partial charge in [0.15, 0.2) is 5.82 Å². The predicted octanol–water partition coefficient (Wildman–Crippen LogP) is 2.25. The van der Waals surface area contributed by atoms with Crippen LogP contribution in [0.25, 0.3) is 0 Å². The largest absolute Gasteiger partial charge is 0.481 e. The van der Waals surface area contributed by atoms with Gasteiger partial charge < -0.3 is 14.9 Å². The van der Waals surface area contributed by atoms with Crippen LogP contribution in [-0.4, -0.2) is 32.3 Å². The van der Waals surface area contributed by atoms with Crippen molar-refractivity contribution >= 4 is 17.7 Å². The molecule has 3 N–H and O–H groups in total. The smallest absolute Gasteiger partial charge is 0.303 e. The Labute approximate surface area is 138 Å². The van der Waals surface area contributed by atoms with Crippen LogP contribution < -0.4 is 5.32 Å². The molecule has 2 aromatic rings. The predicted molar refractivity (Wildman–Crippen MR) is 84.5 cm³/mol. The van der Waals surface area contributed by atoms with Gasteiger partial charge in [0, 0.05) is 30.2 Å². The van der Waals surface area contributed by atoms with Crippen LogP contribution in [-0.2, 0) is 16.0 Å². The summed E-state index contributed by atoms with van der Waals surface area (Å²) in [6.07, 6.45) is 2.99. The van der Waals surface area contributed by atoms with Crippen molar-refractivity contribution in [2.75, 3.05) is 5.32 Å². The zero-order valence-corrected chi connectivity index (χ0v) is 13.4. The first-order chi connectivity index (χ1) is 11.5. The van der Waals surface area contributed by atoms with E-state index in [0.717, 1.165) is 30.7 Å². The number of aliphatic carboxylic acids is 1. The molecule has 0 unspecified atom stereocenters. The van der Waals surface area contributed by atoms with Gasteiger partial charge in [-0.25, -0.2) is 0 Å². The maximum absolute atomic E-state index is 12.0. The van der Waals surface area contributed by atoms with Gasteiger partial charge in [-0.1, -0.05) is 5.16 Å². The first kappa shape index (κ1) is 16.2. The van der Waals surface area contributed by atoms with E-state index in [9.17, 15) is 9.59 Å². The van der Waals surface area contributed by atoms with E-state index in [1.165, 1.54) is 0 Å². The van der Waals surface area contributed by atoms with Gasteiger partial charge in [0.25, 0.3) is 0 Å². The van der Waals surface area contributed by atoms with Gasteiger partial charge in [0.1, 0.15) is 5.76 Å². The molecule has 0 bridgehead atoms. The number of nitrogens with one attached hydrogen (secondary N) is 2. The van der Waals surface area contributed by atoms with Crippen LogP contribution in [0.1, 0.15) is 48.7 Å². The molecule has 0 aliphatic heterocycles. The number of aromatic amines is 1. The lowest BCUT2D eigenvalue weighted by molar-refractivity contribution is -0.138. The highest BCUT2D eigenvalue weighted by Gasteiger charge is 2.28. The summed E-state index contributed by atoms with van der Waals surface area (Å²) in [6.45, 7) is 1.80. The third kappa shape index (κ3) is 4.01. The molecule has 128 valence electrons. The average Bonchev–Trinajstić information content (AvgIpc) is 3.20. The van der Waals surface area contributed by atoms with E-state index < -0.39 is 5.97 Å². The lowest BCUT2D eigenvalue weighted by atomic mass is 10.00. The number of carboxylic acid groups (broad SMARTS) is 1. The number of carboxylic acids is 1. The number of amides is 1. The van der Waals surface area contributed by atoms with E-state index in [1.54, 1.807) is 13.0 Å². The molecule has 0 radical (unpaired) electrons. The van der Waals surface area contributed by atoms with Gasteiger partial charge in [-0.3, -0.25) is 14.7 Å². The minimum absolute atomic E-state index is 0.104. The van der Waals surface area contributed by atoms with Crippen molar-refractivity contribution < 1.29 is 19.2 Å². The molecule has 1 aliphatic rings. The van der Waals surface area contributed by atoms with Gasteiger partial charge in [0.05, 0.1) is 12.1 Å². The normalized spacial score (nSPS) is 20.2. The highest BCUT2D eigenvalue weighted by molar-refractivity contribution is 5.91. The second-order valence-electron chi connectivity index (χ2n) is 6.34. The van der Waals surface area contributed by atoms with Gasteiger partial charge in [0.2, 0.25) is 5.91 Å². The lowest BCUT2D eigenvalue weighted by Crippen LogP contribution is -2.14. The number of carbonyl (C=O) groups excluding carboxylic acids is 1. The van der Waals surface area contributed by atoms with Gasteiger partial charge >= 0.3 is 5.97 Å². The topological polar surface area (TPSA) is 121 Å². The molecule has 1 amide bonds. The summed E-state index contributed by atoms with van der Waals surface area (Å²) >= 11 is 0. The summed E-state index contributed by atoms with van der Waals surface area (Å²) in [5, 5.41) is 22.4. The van der Waals surface area contributed by atoms with Crippen LogP contribution in [0.4, 0.5) is 5.82 Å². The van der Waals surface area contributed by atoms with Crippen LogP contribution in [0.3, 0.4) is 0 Å². The van der Waals surface area contributed by atoms with Crippen LogP contribution in [0.5, 0.6) is 0 Å². The molecule has 3 rings (SSSR count). The van der Waals surface area contributed by atoms with Crippen molar-refractivity contribution in [2.24, 2.45) is 5.92 Å². The Bertz CT molecular complexity index is 736. The fraction of sp³-hybridized carbons (Fsp3) is 0.500. The van der Waals surface area contributed by atoms with Gasteiger partial charge in [-0.05, 0) is 32.1 Å². The van der Waals surface area contributed by atoms with E-state index in [2.05, 4.69) is 20.7 Å². The van der Waals surface area contributed by atoms with E-state index in [-0.39, 0.29) is 30.6 Å². The molecule has 0 saturated heterocycles. The Morgan fingerprint density at radius 3 is 2.96 bits per heavy atom. The Kier molecular flexibility index (Phi) is 4.64. The van der Waals surface area contributed by atoms with Crippen molar-refractivity contribution in [3.8, 4) is 0 Å². The Hall–Kier alpha value is -2.64. The number of aromatic nitrogens is 3. The van der Waals surface area contributed by atoms with E-state index >= 15 is 0 Å². The molecule has 8 nitrogen and oxygen atoms in total. The fourth-order valence-electron chi connectivity index (χ4n) is 3.24. The summed E-state index contributed by atoms with van der Waals surface area (Å²) in [7, 11) is 0. The molecule has 2 heterocycles. The molecular formula is C16H20N4O4. The van der Waals surface area contributed by atoms with Crippen LogP contribution in [0.15, 0.2) is 16.7 Å². The summed E-state index contributed by atoms with van der Waals surface area (Å²) in [6, 6.07) is 3.54. The van der Waals surface area contributed by atoms with Crippen molar-refractivity contribution in [1.82, 2.24) is 15.4 Å². The van der Waals surface area contributed by atoms with Crippen LogP contribution in [0.2, 0.25) is 0 Å². The molecule has 1 fully saturated rings. The van der Waals surface area contributed by atoms with Crippen molar-refractivity contribution in [2.45, 2.75) is 44.9 Å². The summed E-state index contributed by atoms with van der Waals surface area (Å²) in [5.41, 5.74) is 1.67. The Balaban J connectivity index is 1.54. The van der Waals surface area contributed by atoms with E-state index in [1.807, 2.05) is 6.07 Å². The SMILES string of the molecule is Cc1cc(CC(=O)Nc2cc([C@@H]3CC[C@H](CC(=O)O)C3)[nH]n2)on1. The number of nitrogens with zero attached hydrogens (tertiary/aromatic N) is 2. The maximum atomic E-state index is 12.0. The highest BCUT2D eigenvalue weighted by atomic mass is 16.5. The number of anilines is 1. The zero-order chi connectivity index (χ0) is 17.1. The molecule has 0 aromatic carbocycles. The molecule has 2 aromatic heterocycles. The second-order valence-corrected chi connectivity index (χ2v) is 6.34. The molecule has 1 aliphatic carbocycles. The summed E-state index contributed by atoms with van der Waals surface area (Å²) in [4.78, 5) is 22.8. The van der Waals surface area contributed by atoms with Crippen molar-refractivity contribution in [1.29, 1.82) is 0 Å². The van der Waals surface area contributed by atoms with Crippen molar-refractivity contribution in [3.05, 3.63) is 29.3 Å². The third-order valence-corrected chi connectivity index (χ3v) is 4.32. The second kappa shape index (κ2) is 6.86. The summed E-state index contributed by atoms with van der Waals surface area (Å²) in [5.74, 6) is 0.481. The number of H-pyrrole nitrogens is 1. The number of hydrogen-bond acceptors (Lipinski definition) is 5. The van der Waals surface area contributed by atoms with Gasteiger partial charge in [-0.2, -0.15) is 5.10 Å². The zero-order valence-electron chi connectivity index (χ0n) is 13.4. The lowest BCUT2D eigenvalue weighted by Gasteiger charge is -2.07. The summed E-state index contributed by atoms with van der Waals surface area (Å²) < 4.78 is 5.02.